The molecule has 1 atom stereocenters. The second-order valence-electron chi connectivity index (χ2n) is 4.82. The minimum Gasteiger partial charge on any atom is -0.338 e. The van der Waals surface area contributed by atoms with E-state index in [1.165, 1.54) is 18.9 Å². The molecule has 1 aromatic carbocycles. The van der Waals surface area contributed by atoms with Crippen LogP contribution in [0.3, 0.4) is 0 Å². The predicted molar refractivity (Wildman–Crippen MR) is 68.1 cm³/mol. The minimum atomic E-state index is -0.232. The summed E-state index contributed by atoms with van der Waals surface area (Å²) in [5, 5.41) is 7.29. The minimum absolute atomic E-state index is 0.149. The Morgan fingerprint density at radius 3 is 3.00 bits per heavy atom. The summed E-state index contributed by atoms with van der Waals surface area (Å²) in [7, 11) is 0. The first-order valence-corrected chi connectivity index (χ1v) is 6.62. The van der Waals surface area contributed by atoms with Crippen molar-refractivity contribution in [1.29, 1.82) is 0 Å². The molecule has 0 aliphatic carbocycles. The molecule has 1 aromatic heterocycles. The van der Waals surface area contributed by atoms with Gasteiger partial charge in [0.2, 0.25) is 5.89 Å². The number of halogens is 1. The van der Waals surface area contributed by atoms with Crippen molar-refractivity contribution in [3.8, 4) is 0 Å². The van der Waals surface area contributed by atoms with E-state index in [9.17, 15) is 4.39 Å². The van der Waals surface area contributed by atoms with Gasteiger partial charge in [-0.25, -0.2) is 4.39 Å². The van der Waals surface area contributed by atoms with Crippen molar-refractivity contribution < 1.29 is 8.91 Å². The average Bonchev–Trinajstić information content (AvgIpc) is 2.91. The van der Waals surface area contributed by atoms with Gasteiger partial charge in [0.15, 0.2) is 5.82 Å². The Morgan fingerprint density at radius 1 is 1.32 bits per heavy atom. The third-order valence-corrected chi connectivity index (χ3v) is 3.40. The Hall–Kier alpha value is -1.75. The quantitative estimate of drug-likeness (QED) is 0.922. The Labute approximate surface area is 111 Å². The predicted octanol–water partition coefficient (Wildman–Crippen LogP) is 2.61. The van der Waals surface area contributed by atoms with Crippen molar-refractivity contribution in [2.45, 2.75) is 31.7 Å². The Kier molecular flexibility index (Phi) is 3.55. The second kappa shape index (κ2) is 5.48. The molecule has 0 amide bonds. The van der Waals surface area contributed by atoms with Crippen LogP contribution in [0.25, 0.3) is 0 Å². The van der Waals surface area contributed by atoms with E-state index < -0.39 is 0 Å². The molecule has 0 spiro atoms. The van der Waals surface area contributed by atoms with Crippen LogP contribution in [0.15, 0.2) is 28.8 Å². The van der Waals surface area contributed by atoms with Crippen molar-refractivity contribution in [1.82, 2.24) is 15.5 Å². The zero-order valence-electron chi connectivity index (χ0n) is 10.6. The van der Waals surface area contributed by atoms with E-state index in [0.717, 1.165) is 13.0 Å². The van der Waals surface area contributed by atoms with E-state index in [-0.39, 0.29) is 11.9 Å². The second-order valence-corrected chi connectivity index (χ2v) is 4.82. The number of aromatic nitrogens is 2. The monoisotopic (exact) mass is 261 g/mol. The van der Waals surface area contributed by atoms with E-state index >= 15 is 0 Å². The zero-order valence-corrected chi connectivity index (χ0v) is 10.6. The molecule has 0 radical (unpaired) electrons. The lowest BCUT2D eigenvalue weighted by atomic mass is 10.1. The molecule has 1 fully saturated rings. The molecule has 0 saturated carbocycles. The van der Waals surface area contributed by atoms with Gasteiger partial charge in [-0.1, -0.05) is 29.8 Å². The van der Waals surface area contributed by atoms with Crippen molar-refractivity contribution in [3.05, 3.63) is 47.4 Å². The third-order valence-electron chi connectivity index (χ3n) is 3.40. The van der Waals surface area contributed by atoms with Crippen LogP contribution in [0.1, 0.15) is 42.6 Å². The molecule has 3 rings (SSSR count). The number of benzene rings is 1. The highest BCUT2D eigenvalue weighted by atomic mass is 19.1. The van der Waals surface area contributed by atoms with Gasteiger partial charge in [-0.3, -0.25) is 0 Å². The van der Waals surface area contributed by atoms with Gasteiger partial charge >= 0.3 is 0 Å². The molecular weight excluding hydrogens is 245 g/mol. The third kappa shape index (κ3) is 2.81. The van der Waals surface area contributed by atoms with Gasteiger partial charge in [0.05, 0.1) is 6.04 Å². The van der Waals surface area contributed by atoms with Crippen molar-refractivity contribution in [3.63, 3.8) is 0 Å². The molecule has 1 N–H and O–H groups in total. The summed E-state index contributed by atoms with van der Waals surface area (Å²) >= 11 is 0. The van der Waals surface area contributed by atoms with E-state index in [2.05, 4.69) is 15.5 Å². The summed E-state index contributed by atoms with van der Waals surface area (Å²) in [6.07, 6.45) is 3.74. The van der Waals surface area contributed by atoms with E-state index in [0.29, 0.717) is 23.7 Å². The molecule has 1 aliphatic rings. The largest absolute Gasteiger partial charge is 0.338 e. The highest BCUT2D eigenvalue weighted by molar-refractivity contribution is 5.20. The van der Waals surface area contributed by atoms with Crippen LogP contribution in [0.5, 0.6) is 0 Å². The van der Waals surface area contributed by atoms with Crippen LogP contribution in [-0.4, -0.2) is 16.7 Å². The normalized spacial score (nSPS) is 19.5. The number of nitrogens with zero attached hydrogens (tertiary/aromatic N) is 2. The summed E-state index contributed by atoms with van der Waals surface area (Å²) in [5.74, 6) is 0.920. The van der Waals surface area contributed by atoms with Crippen molar-refractivity contribution >= 4 is 0 Å². The van der Waals surface area contributed by atoms with Gasteiger partial charge in [-0.05, 0) is 31.0 Å². The first-order chi connectivity index (χ1) is 9.33. The Balaban J connectivity index is 1.73. The van der Waals surface area contributed by atoms with Gasteiger partial charge in [-0.15, -0.1) is 0 Å². The van der Waals surface area contributed by atoms with E-state index in [1.807, 2.05) is 6.07 Å². The molecule has 100 valence electrons. The first-order valence-electron chi connectivity index (χ1n) is 6.62. The lowest BCUT2D eigenvalue weighted by molar-refractivity contribution is 0.296. The Morgan fingerprint density at radius 2 is 2.21 bits per heavy atom. The molecule has 4 nitrogen and oxygen atoms in total. The summed E-state index contributed by atoms with van der Waals surface area (Å²) in [4.78, 5) is 4.36. The summed E-state index contributed by atoms with van der Waals surface area (Å²) in [6.45, 7) is 0.982. The lowest BCUT2D eigenvalue weighted by Gasteiger charge is -2.19. The van der Waals surface area contributed by atoms with Crippen LogP contribution in [-0.2, 0) is 6.42 Å². The molecule has 2 aromatic rings. The number of hydrogen-bond donors (Lipinski definition) is 1. The molecule has 1 aliphatic heterocycles. The van der Waals surface area contributed by atoms with Crippen LogP contribution in [0, 0.1) is 5.82 Å². The standard InChI is InChI=1S/C14H16FN3O/c15-11-6-2-1-5-10(11)9-13-17-14(19-18-13)12-7-3-4-8-16-12/h1-2,5-6,12,16H,3-4,7-9H2/t12-/m0/s1. The van der Waals surface area contributed by atoms with Gasteiger partial charge in [0.25, 0.3) is 0 Å². The highest BCUT2D eigenvalue weighted by Crippen LogP contribution is 2.21. The maximum Gasteiger partial charge on any atom is 0.243 e. The SMILES string of the molecule is Fc1ccccc1Cc1noc([C@@H]2CCCCN2)n1. The zero-order chi connectivity index (χ0) is 13.1. The average molecular weight is 261 g/mol. The Bertz CT molecular complexity index is 549. The molecule has 5 heteroatoms. The van der Waals surface area contributed by atoms with Gasteiger partial charge < -0.3 is 9.84 Å². The first kappa shape index (κ1) is 12.3. The molecule has 1 saturated heterocycles. The molecule has 0 unspecified atom stereocenters. The lowest BCUT2D eigenvalue weighted by Crippen LogP contribution is -2.27. The smallest absolute Gasteiger partial charge is 0.243 e. The molecule has 0 bridgehead atoms. The van der Waals surface area contributed by atoms with Crippen LogP contribution in [0.4, 0.5) is 4.39 Å². The fourth-order valence-corrected chi connectivity index (χ4v) is 2.36. The fourth-order valence-electron chi connectivity index (χ4n) is 2.36. The molecule has 2 heterocycles. The molecular formula is C14H16FN3O. The maximum atomic E-state index is 13.5. The number of hydrogen-bond acceptors (Lipinski definition) is 4. The number of rotatable bonds is 3. The van der Waals surface area contributed by atoms with Crippen LogP contribution < -0.4 is 5.32 Å². The number of piperidine rings is 1. The van der Waals surface area contributed by atoms with Crippen LogP contribution in [0.2, 0.25) is 0 Å². The topological polar surface area (TPSA) is 51.0 Å². The fraction of sp³-hybridized carbons (Fsp3) is 0.429. The number of nitrogens with one attached hydrogen (secondary N) is 1. The van der Waals surface area contributed by atoms with Gasteiger partial charge in [-0.2, -0.15) is 4.98 Å². The highest BCUT2D eigenvalue weighted by Gasteiger charge is 2.21. The van der Waals surface area contributed by atoms with Crippen molar-refractivity contribution in [2.75, 3.05) is 6.54 Å². The van der Waals surface area contributed by atoms with Crippen LogP contribution >= 0.6 is 0 Å². The summed E-state index contributed by atoms with van der Waals surface area (Å²) in [5.41, 5.74) is 0.589. The summed E-state index contributed by atoms with van der Waals surface area (Å²) < 4.78 is 18.8. The van der Waals surface area contributed by atoms with Crippen molar-refractivity contribution in [2.24, 2.45) is 0 Å². The molecule has 19 heavy (non-hydrogen) atoms. The van der Waals surface area contributed by atoms with E-state index in [4.69, 9.17) is 4.52 Å². The van der Waals surface area contributed by atoms with Gasteiger partial charge in [0.1, 0.15) is 5.82 Å². The maximum absolute atomic E-state index is 13.5. The summed E-state index contributed by atoms with van der Waals surface area (Å²) in [6, 6.07) is 6.81. The van der Waals surface area contributed by atoms with Gasteiger partial charge in [0, 0.05) is 6.42 Å². The van der Waals surface area contributed by atoms with E-state index in [1.54, 1.807) is 12.1 Å².